The van der Waals surface area contributed by atoms with E-state index >= 15 is 0 Å². The van der Waals surface area contributed by atoms with Crippen LogP contribution in [-0.2, 0) is 11.2 Å². The maximum absolute atomic E-state index is 10.8. The van der Waals surface area contributed by atoms with Gasteiger partial charge in [-0.15, -0.1) is 0 Å². The standard InChI is InChI=1S/C14H22N2O3/c1-3-18-12-6-4-5-11(9-10(2)15)14(12)19-8-7-13(16)17/h4-6,10H,3,7-9,15H2,1-2H3,(H2,16,17). The predicted molar refractivity (Wildman–Crippen MR) is 74.3 cm³/mol. The minimum absolute atomic E-state index is 0.0235. The Bertz CT molecular complexity index is 419. The van der Waals surface area contributed by atoms with Crippen molar-refractivity contribution in [1.29, 1.82) is 0 Å². The topological polar surface area (TPSA) is 87.6 Å². The van der Waals surface area contributed by atoms with E-state index in [1.165, 1.54) is 0 Å². The molecule has 0 aliphatic carbocycles. The van der Waals surface area contributed by atoms with Gasteiger partial charge in [-0.25, -0.2) is 0 Å². The second-order valence-electron chi connectivity index (χ2n) is 4.42. The van der Waals surface area contributed by atoms with Crippen LogP contribution < -0.4 is 20.9 Å². The molecule has 106 valence electrons. The van der Waals surface area contributed by atoms with Gasteiger partial charge in [0.05, 0.1) is 19.6 Å². The van der Waals surface area contributed by atoms with Crippen LogP contribution in [0, 0.1) is 0 Å². The van der Waals surface area contributed by atoms with E-state index in [2.05, 4.69) is 0 Å². The average molecular weight is 266 g/mol. The Balaban J connectivity index is 2.89. The Morgan fingerprint density at radius 1 is 1.37 bits per heavy atom. The summed E-state index contributed by atoms with van der Waals surface area (Å²) in [5, 5.41) is 0. The zero-order valence-corrected chi connectivity index (χ0v) is 11.5. The molecule has 0 aliphatic heterocycles. The summed E-state index contributed by atoms with van der Waals surface area (Å²) in [7, 11) is 0. The van der Waals surface area contributed by atoms with Crippen molar-refractivity contribution in [2.75, 3.05) is 13.2 Å². The number of primary amides is 1. The molecule has 5 nitrogen and oxygen atoms in total. The summed E-state index contributed by atoms with van der Waals surface area (Å²) < 4.78 is 11.2. The fourth-order valence-electron chi connectivity index (χ4n) is 1.76. The normalized spacial score (nSPS) is 11.9. The van der Waals surface area contributed by atoms with Gasteiger partial charge < -0.3 is 20.9 Å². The molecule has 0 spiro atoms. The predicted octanol–water partition coefficient (Wildman–Crippen LogP) is 1.23. The third-order valence-corrected chi connectivity index (χ3v) is 2.50. The first-order valence-electron chi connectivity index (χ1n) is 6.46. The number of para-hydroxylation sites is 1. The van der Waals surface area contributed by atoms with Crippen LogP contribution >= 0.6 is 0 Å². The van der Waals surface area contributed by atoms with Crippen LogP contribution in [-0.4, -0.2) is 25.2 Å². The first-order chi connectivity index (χ1) is 9.04. The lowest BCUT2D eigenvalue weighted by Crippen LogP contribution is -2.19. The highest BCUT2D eigenvalue weighted by Crippen LogP contribution is 2.32. The van der Waals surface area contributed by atoms with E-state index in [-0.39, 0.29) is 25.0 Å². The van der Waals surface area contributed by atoms with E-state index in [0.29, 0.717) is 24.5 Å². The number of hydrogen-bond acceptors (Lipinski definition) is 4. The fraction of sp³-hybridized carbons (Fsp3) is 0.500. The summed E-state index contributed by atoms with van der Waals surface area (Å²) in [6.07, 6.45) is 0.866. The minimum atomic E-state index is -0.386. The van der Waals surface area contributed by atoms with Gasteiger partial charge in [-0.3, -0.25) is 4.79 Å². The van der Waals surface area contributed by atoms with Gasteiger partial charge in [-0.2, -0.15) is 0 Å². The van der Waals surface area contributed by atoms with E-state index in [9.17, 15) is 4.79 Å². The van der Waals surface area contributed by atoms with Crippen molar-refractivity contribution in [2.24, 2.45) is 11.5 Å². The van der Waals surface area contributed by atoms with Crippen LogP contribution in [0.25, 0.3) is 0 Å². The van der Waals surface area contributed by atoms with E-state index < -0.39 is 0 Å². The molecule has 1 atom stereocenters. The van der Waals surface area contributed by atoms with Crippen LogP contribution in [0.2, 0.25) is 0 Å². The fourth-order valence-corrected chi connectivity index (χ4v) is 1.76. The SMILES string of the molecule is CCOc1cccc(CC(C)N)c1OCCC(N)=O. The van der Waals surface area contributed by atoms with Gasteiger partial charge in [0.2, 0.25) is 5.91 Å². The molecular formula is C14H22N2O3. The van der Waals surface area contributed by atoms with Gasteiger partial charge in [0.15, 0.2) is 11.5 Å². The number of nitrogens with two attached hydrogens (primary N) is 2. The monoisotopic (exact) mass is 266 g/mol. The van der Waals surface area contributed by atoms with Crippen LogP contribution in [0.4, 0.5) is 0 Å². The smallest absolute Gasteiger partial charge is 0.220 e. The largest absolute Gasteiger partial charge is 0.490 e. The van der Waals surface area contributed by atoms with E-state index in [1.807, 2.05) is 32.0 Å². The number of ether oxygens (including phenoxy) is 2. The molecule has 1 amide bonds. The van der Waals surface area contributed by atoms with E-state index in [1.54, 1.807) is 0 Å². The summed E-state index contributed by atoms with van der Waals surface area (Å²) >= 11 is 0. The molecular weight excluding hydrogens is 244 g/mol. The molecule has 4 N–H and O–H groups in total. The van der Waals surface area contributed by atoms with Crippen molar-refractivity contribution in [2.45, 2.75) is 32.7 Å². The maximum Gasteiger partial charge on any atom is 0.220 e. The molecule has 1 aromatic carbocycles. The molecule has 1 aromatic rings. The number of amides is 1. The molecule has 5 heteroatoms. The molecule has 0 saturated heterocycles. The van der Waals surface area contributed by atoms with Crippen LogP contribution in [0.5, 0.6) is 11.5 Å². The molecule has 1 rings (SSSR count). The Labute approximate surface area is 113 Å². The first-order valence-corrected chi connectivity index (χ1v) is 6.46. The highest BCUT2D eigenvalue weighted by Gasteiger charge is 2.12. The zero-order chi connectivity index (χ0) is 14.3. The van der Waals surface area contributed by atoms with E-state index in [4.69, 9.17) is 20.9 Å². The molecule has 19 heavy (non-hydrogen) atoms. The lowest BCUT2D eigenvalue weighted by Gasteiger charge is -2.16. The van der Waals surface area contributed by atoms with Gasteiger partial charge in [-0.05, 0) is 31.9 Å². The number of benzene rings is 1. The van der Waals surface area contributed by atoms with Crippen LogP contribution in [0.15, 0.2) is 18.2 Å². The summed E-state index contributed by atoms with van der Waals surface area (Å²) in [5.41, 5.74) is 11.9. The Morgan fingerprint density at radius 3 is 2.68 bits per heavy atom. The van der Waals surface area contributed by atoms with Gasteiger partial charge in [0.1, 0.15) is 0 Å². The van der Waals surface area contributed by atoms with Crippen LogP contribution in [0.3, 0.4) is 0 Å². The highest BCUT2D eigenvalue weighted by molar-refractivity contribution is 5.73. The summed E-state index contributed by atoms with van der Waals surface area (Å²) in [4.78, 5) is 10.8. The maximum atomic E-state index is 10.8. The first kappa shape index (κ1) is 15.3. The minimum Gasteiger partial charge on any atom is -0.490 e. The summed E-state index contributed by atoms with van der Waals surface area (Å²) in [6.45, 7) is 4.63. The molecule has 0 bridgehead atoms. The molecule has 0 saturated carbocycles. The average Bonchev–Trinajstić information content (AvgIpc) is 2.31. The van der Waals surface area contributed by atoms with Gasteiger partial charge in [0.25, 0.3) is 0 Å². The number of hydrogen-bond donors (Lipinski definition) is 2. The third-order valence-electron chi connectivity index (χ3n) is 2.50. The van der Waals surface area contributed by atoms with Crippen molar-refractivity contribution in [3.8, 4) is 11.5 Å². The van der Waals surface area contributed by atoms with Gasteiger partial charge in [0, 0.05) is 6.04 Å². The van der Waals surface area contributed by atoms with Gasteiger partial charge in [-0.1, -0.05) is 12.1 Å². The highest BCUT2D eigenvalue weighted by atomic mass is 16.5. The second-order valence-corrected chi connectivity index (χ2v) is 4.42. The second kappa shape index (κ2) is 7.63. The third kappa shape index (κ3) is 5.18. The zero-order valence-electron chi connectivity index (χ0n) is 11.5. The van der Waals surface area contributed by atoms with Crippen molar-refractivity contribution in [1.82, 2.24) is 0 Å². The summed E-state index contributed by atoms with van der Waals surface area (Å²) in [5.74, 6) is 0.940. The van der Waals surface area contributed by atoms with E-state index in [0.717, 1.165) is 5.56 Å². The van der Waals surface area contributed by atoms with Crippen LogP contribution in [0.1, 0.15) is 25.8 Å². The Kier molecular flexibility index (Phi) is 6.15. The van der Waals surface area contributed by atoms with Gasteiger partial charge >= 0.3 is 0 Å². The molecule has 0 fully saturated rings. The van der Waals surface area contributed by atoms with Crippen molar-refractivity contribution in [3.63, 3.8) is 0 Å². The molecule has 0 aliphatic rings. The lowest BCUT2D eigenvalue weighted by atomic mass is 10.1. The van der Waals surface area contributed by atoms with Crippen molar-refractivity contribution < 1.29 is 14.3 Å². The Morgan fingerprint density at radius 2 is 2.11 bits per heavy atom. The molecule has 0 aromatic heterocycles. The Hall–Kier alpha value is -1.75. The van der Waals surface area contributed by atoms with Crippen molar-refractivity contribution in [3.05, 3.63) is 23.8 Å². The van der Waals surface area contributed by atoms with Crippen molar-refractivity contribution >= 4 is 5.91 Å². The lowest BCUT2D eigenvalue weighted by molar-refractivity contribution is -0.118. The molecule has 0 heterocycles. The number of rotatable bonds is 8. The summed E-state index contributed by atoms with van der Waals surface area (Å²) in [6, 6.07) is 5.72. The molecule has 1 unspecified atom stereocenters. The quantitative estimate of drug-likeness (QED) is 0.740. The molecule has 0 radical (unpaired) electrons. The number of carbonyl (C=O) groups excluding carboxylic acids is 1. The number of carbonyl (C=O) groups is 1.